The summed E-state index contributed by atoms with van der Waals surface area (Å²) in [6.07, 6.45) is 2.01. The van der Waals surface area contributed by atoms with Crippen LogP contribution in [0, 0.1) is 17.1 Å². The highest BCUT2D eigenvalue weighted by atomic mass is 19.1. The minimum absolute atomic E-state index is 0.0154. The second-order valence-corrected chi connectivity index (χ2v) is 9.25. The van der Waals surface area contributed by atoms with Gasteiger partial charge in [-0.15, -0.1) is 0 Å². The number of amides is 1. The van der Waals surface area contributed by atoms with E-state index in [1.54, 1.807) is 20.8 Å². The van der Waals surface area contributed by atoms with Crippen molar-refractivity contribution in [1.82, 2.24) is 14.9 Å². The molecule has 0 aliphatic rings. The normalized spacial score (nSPS) is 13.1. The van der Waals surface area contributed by atoms with Gasteiger partial charge in [-0.05, 0) is 63.8 Å². The van der Waals surface area contributed by atoms with E-state index in [-0.39, 0.29) is 29.3 Å². The van der Waals surface area contributed by atoms with Crippen molar-refractivity contribution in [3.63, 3.8) is 0 Å². The Hall–Kier alpha value is -3.80. The van der Waals surface area contributed by atoms with Crippen molar-refractivity contribution in [2.75, 3.05) is 10.6 Å². The predicted octanol–water partition coefficient (Wildman–Crippen LogP) is 5.43. The smallest absolute Gasteiger partial charge is 0.407 e. The second kappa shape index (κ2) is 10.00. The number of rotatable bonds is 7. The topological polar surface area (TPSA) is 104 Å². The third-order valence-corrected chi connectivity index (χ3v) is 5.36. The summed E-state index contributed by atoms with van der Waals surface area (Å²) >= 11 is 0. The number of hydrogen-bond donors (Lipinski definition) is 3. The molecule has 0 unspecified atom stereocenters. The lowest BCUT2D eigenvalue weighted by Gasteiger charge is -2.27. The lowest BCUT2D eigenvalue weighted by Crippen LogP contribution is -2.47. The molecule has 3 rings (SSSR count). The number of carbonyl (C=O) groups is 1. The number of aryl methyl sites for hydroxylation is 1. The summed E-state index contributed by atoms with van der Waals surface area (Å²) in [5.41, 5.74) is 1.20. The number of alkyl carbamates (subject to hydrolysis) is 1. The van der Waals surface area contributed by atoms with Crippen LogP contribution in [-0.4, -0.2) is 33.3 Å². The fraction of sp³-hybridized carbons (Fsp3) is 0.400. The molecule has 2 aromatic heterocycles. The number of fused-ring (bicyclic) bond motifs is 1. The Bertz CT molecular complexity index is 1220. The van der Waals surface area contributed by atoms with E-state index in [2.05, 4.69) is 20.9 Å². The summed E-state index contributed by atoms with van der Waals surface area (Å²) in [5.74, 6) is -0.433. The number of ether oxygens (including phenoxy) is 1. The lowest BCUT2D eigenvalue weighted by molar-refractivity contribution is 0.0498. The average Bonchev–Trinajstić information content (AvgIpc) is 3.13. The van der Waals surface area contributed by atoms with Crippen molar-refractivity contribution >= 4 is 34.3 Å². The fourth-order valence-electron chi connectivity index (χ4n) is 3.60. The second-order valence-electron chi connectivity index (χ2n) is 9.25. The number of nitrogens with one attached hydrogen (secondary N) is 3. The molecule has 8 nitrogen and oxygen atoms in total. The van der Waals surface area contributed by atoms with Crippen LogP contribution in [0.1, 0.15) is 46.6 Å². The van der Waals surface area contributed by atoms with Gasteiger partial charge in [0.1, 0.15) is 11.7 Å². The van der Waals surface area contributed by atoms with Crippen molar-refractivity contribution < 1.29 is 13.9 Å². The molecule has 2 heterocycles. The zero-order chi connectivity index (χ0) is 25.0. The van der Waals surface area contributed by atoms with Gasteiger partial charge in [0.05, 0.1) is 11.6 Å². The Morgan fingerprint density at radius 3 is 2.65 bits per heavy atom. The first-order valence-electron chi connectivity index (χ1n) is 11.2. The van der Waals surface area contributed by atoms with Crippen molar-refractivity contribution in [3.05, 3.63) is 47.9 Å². The Labute approximate surface area is 199 Å². The number of pyridine rings is 1. The van der Waals surface area contributed by atoms with Crippen molar-refractivity contribution in [1.29, 1.82) is 5.26 Å². The molecule has 2 atom stereocenters. The molecule has 1 aromatic carbocycles. The van der Waals surface area contributed by atoms with Gasteiger partial charge in [-0.25, -0.2) is 14.2 Å². The maximum absolute atomic E-state index is 14.8. The molecular weight excluding hydrogens is 435 g/mol. The van der Waals surface area contributed by atoms with Gasteiger partial charge in [0.15, 0.2) is 17.5 Å². The third-order valence-electron chi connectivity index (χ3n) is 5.36. The summed E-state index contributed by atoms with van der Waals surface area (Å²) in [5, 5.41) is 19.6. The van der Waals surface area contributed by atoms with E-state index in [0.717, 1.165) is 22.7 Å². The summed E-state index contributed by atoms with van der Waals surface area (Å²) in [7, 11) is 1.95. The Kier molecular flexibility index (Phi) is 7.30. The molecule has 1 amide bonds. The highest BCUT2D eigenvalue weighted by Gasteiger charge is 2.24. The maximum Gasteiger partial charge on any atom is 0.407 e. The number of hydrogen-bond acceptors (Lipinski definition) is 6. The van der Waals surface area contributed by atoms with Gasteiger partial charge < -0.3 is 25.3 Å². The molecular formula is C25H31FN6O2. The predicted molar refractivity (Wildman–Crippen MR) is 132 cm³/mol. The van der Waals surface area contributed by atoms with Gasteiger partial charge in [-0.2, -0.15) is 5.26 Å². The number of halogens is 1. The van der Waals surface area contributed by atoms with E-state index in [1.165, 1.54) is 0 Å². The Morgan fingerprint density at radius 1 is 1.26 bits per heavy atom. The van der Waals surface area contributed by atoms with Crippen LogP contribution in [-0.2, 0) is 11.8 Å². The molecule has 0 aliphatic carbocycles. The fourth-order valence-corrected chi connectivity index (χ4v) is 3.60. The number of nitrogens with zero attached hydrogens (tertiary/aromatic N) is 3. The zero-order valence-corrected chi connectivity index (χ0v) is 20.4. The molecule has 0 spiro atoms. The Balaban J connectivity index is 1.81. The molecule has 0 radical (unpaired) electrons. The van der Waals surface area contributed by atoms with E-state index in [0.29, 0.717) is 6.42 Å². The first-order valence-corrected chi connectivity index (χ1v) is 11.2. The largest absolute Gasteiger partial charge is 0.444 e. The molecule has 0 bridgehead atoms. The van der Waals surface area contributed by atoms with Gasteiger partial charge in [0.2, 0.25) is 0 Å². The van der Waals surface area contributed by atoms with Crippen LogP contribution < -0.4 is 16.0 Å². The molecule has 0 saturated heterocycles. The molecule has 0 aliphatic heterocycles. The van der Waals surface area contributed by atoms with E-state index in [9.17, 15) is 14.4 Å². The molecule has 3 N–H and O–H groups in total. The first kappa shape index (κ1) is 24.8. The van der Waals surface area contributed by atoms with E-state index >= 15 is 0 Å². The Morgan fingerprint density at radius 2 is 2.00 bits per heavy atom. The number of aromatic nitrogens is 2. The highest BCUT2D eigenvalue weighted by Crippen LogP contribution is 2.26. The van der Waals surface area contributed by atoms with Crippen LogP contribution in [0.2, 0.25) is 0 Å². The monoisotopic (exact) mass is 466 g/mol. The molecule has 3 aromatic rings. The molecule has 0 saturated carbocycles. The van der Waals surface area contributed by atoms with Gasteiger partial charge in [-0.3, -0.25) is 0 Å². The quantitative estimate of drug-likeness (QED) is 0.429. The summed E-state index contributed by atoms with van der Waals surface area (Å²) < 4.78 is 22.1. The number of carbonyl (C=O) groups excluding carboxylic acids is 1. The van der Waals surface area contributed by atoms with Crippen molar-refractivity contribution in [3.8, 4) is 6.07 Å². The third kappa shape index (κ3) is 5.95. The van der Waals surface area contributed by atoms with Gasteiger partial charge >= 0.3 is 6.09 Å². The molecule has 180 valence electrons. The van der Waals surface area contributed by atoms with Crippen LogP contribution in [0.3, 0.4) is 0 Å². The number of anilines is 3. The van der Waals surface area contributed by atoms with Gasteiger partial charge in [0.25, 0.3) is 0 Å². The molecule has 0 fully saturated rings. The molecule has 9 heteroatoms. The SMILES string of the molecule is CC[C@H](NC(=O)OC(C)(C)C)[C@@H](C)Nc1nc(Nc2ccc3ccn(C)c3c2)c(C#N)cc1F. The minimum atomic E-state index is -0.654. The number of nitriles is 1. The van der Waals surface area contributed by atoms with Crippen LogP contribution in [0.25, 0.3) is 10.9 Å². The average molecular weight is 467 g/mol. The zero-order valence-electron chi connectivity index (χ0n) is 20.4. The standard InChI is InChI=1S/C25H31FN6O2/c1-7-20(30-24(33)34-25(3,4)5)15(2)28-23-19(26)12-17(14-27)22(31-23)29-18-9-8-16-10-11-32(6)21(16)13-18/h8-13,15,20H,7H2,1-6H3,(H,30,33)(H2,28,29,31)/t15-,20+/m1/s1. The summed E-state index contributed by atoms with van der Waals surface area (Å²) in [4.78, 5) is 16.5. The molecule has 34 heavy (non-hydrogen) atoms. The lowest BCUT2D eigenvalue weighted by atomic mass is 10.1. The van der Waals surface area contributed by atoms with E-state index in [4.69, 9.17) is 4.74 Å². The van der Waals surface area contributed by atoms with Crippen LogP contribution in [0.5, 0.6) is 0 Å². The minimum Gasteiger partial charge on any atom is -0.444 e. The van der Waals surface area contributed by atoms with E-state index in [1.807, 2.05) is 62.0 Å². The van der Waals surface area contributed by atoms with Crippen LogP contribution in [0.15, 0.2) is 36.5 Å². The van der Waals surface area contributed by atoms with E-state index < -0.39 is 17.5 Å². The first-order chi connectivity index (χ1) is 16.0. The summed E-state index contributed by atoms with van der Waals surface area (Å²) in [6.45, 7) is 9.09. The maximum atomic E-state index is 14.8. The van der Waals surface area contributed by atoms with Gasteiger partial charge in [0, 0.05) is 30.5 Å². The highest BCUT2D eigenvalue weighted by molar-refractivity contribution is 5.84. The van der Waals surface area contributed by atoms with Crippen molar-refractivity contribution in [2.45, 2.75) is 58.7 Å². The van der Waals surface area contributed by atoms with Crippen LogP contribution >= 0.6 is 0 Å². The number of benzene rings is 1. The van der Waals surface area contributed by atoms with Crippen molar-refractivity contribution in [2.24, 2.45) is 7.05 Å². The van der Waals surface area contributed by atoms with Gasteiger partial charge in [-0.1, -0.05) is 13.0 Å². The van der Waals surface area contributed by atoms with Crippen LogP contribution in [0.4, 0.5) is 26.5 Å². The summed E-state index contributed by atoms with van der Waals surface area (Å²) in [6, 6.07) is 10.2.